The van der Waals surface area contributed by atoms with Gasteiger partial charge < -0.3 is 9.47 Å². The molecule has 0 bridgehead atoms. The van der Waals surface area contributed by atoms with Crippen LogP contribution in [0.4, 0.5) is 0 Å². The van der Waals surface area contributed by atoms with Crippen LogP contribution in [-0.2, 0) is 6.42 Å². The quantitative estimate of drug-likeness (QED) is 0.811. The fourth-order valence-electron chi connectivity index (χ4n) is 2.49. The maximum absolute atomic E-state index is 6.11. The molecular weight excluding hydrogens is 260 g/mol. The third-order valence-electron chi connectivity index (χ3n) is 3.39. The first-order valence-electron chi connectivity index (χ1n) is 6.38. The van der Waals surface area contributed by atoms with Crippen LogP contribution < -0.4 is 9.47 Å². The Morgan fingerprint density at radius 1 is 1.16 bits per heavy atom. The van der Waals surface area contributed by atoms with Gasteiger partial charge in [-0.05, 0) is 36.6 Å². The molecule has 3 heteroatoms. The van der Waals surface area contributed by atoms with Crippen LogP contribution in [0.5, 0.6) is 11.5 Å². The number of aryl methyl sites for hydroxylation is 1. The van der Waals surface area contributed by atoms with Gasteiger partial charge in [0, 0.05) is 16.1 Å². The second-order valence-corrected chi connectivity index (χ2v) is 5.03. The molecule has 0 saturated heterocycles. The van der Waals surface area contributed by atoms with Gasteiger partial charge in [0.15, 0.2) is 0 Å². The van der Waals surface area contributed by atoms with E-state index in [-0.39, 0.29) is 0 Å². The van der Waals surface area contributed by atoms with Gasteiger partial charge in [0.1, 0.15) is 11.5 Å². The minimum Gasteiger partial charge on any atom is -0.496 e. The van der Waals surface area contributed by atoms with E-state index in [0.29, 0.717) is 5.02 Å². The summed E-state index contributed by atoms with van der Waals surface area (Å²) in [6.45, 7) is 0.771. The molecule has 0 N–H and O–H groups in total. The Balaban J connectivity index is 2.19. The summed E-state index contributed by atoms with van der Waals surface area (Å²) in [5, 5.41) is 0.698. The fourth-order valence-corrected chi connectivity index (χ4v) is 2.66. The van der Waals surface area contributed by atoms with Crippen molar-refractivity contribution in [3.05, 3.63) is 47.0 Å². The molecule has 3 rings (SSSR count). The number of hydrogen-bond donors (Lipinski definition) is 0. The highest BCUT2D eigenvalue weighted by molar-refractivity contribution is 6.31. The van der Waals surface area contributed by atoms with Gasteiger partial charge in [-0.1, -0.05) is 29.8 Å². The van der Waals surface area contributed by atoms with Crippen LogP contribution >= 0.6 is 11.6 Å². The summed E-state index contributed by atoms with van der Waals surface area (Å²) in [5.41, 5.74) is 3.29. The highest BCUT2D eigenvalue weighted by atomic mass is 35.5. The Bertz CT molecular complexity index is 608. The van der Waals surface area contributed by atoms with Gasteiger partial charge in [-0.2, -0.15) is 0 Å². The highest BCUT2D eigenvalue weighted by Gasteiger charge is 2.18. The molecule has 0 aromatic heterocycles. The Labute approximate surface area is 117 Å². The maximum Gasteiger partial charge on any atom is 0.130 e. The van der Waals surface area contributed by atoms with Crippen molar-refractivity contribution >= 4 is 11.6 Å². The zero-order valence-corrected chi connectivity index (χ0v) is 11.5. The zero-order chi connectivity index (χ0) is 13.2. The third-order valence-corrected chi connectivity index (χ3v) is 3.62. The van der Waals surface area contributed by atoms with Crippen molar-refractivity contribution in [2.45, 2.75) is 12.8 Å². The number of methoxy groups -OCH3 is 1. The lowest BCUT2D eigenvalue weighted by atomic mass is 9.97. The van der Waals surface area contributed by atoms with Crippen molar-refractivity contribution in [2.75, 3.05) is 13.7 Å². The molecule has 1 aliphatic rings. The Morgan fingerprint density at radius 3 is 2.89 bits per heavy atom. The normalized spacial score (nSPS) is 13.6. The van der Waals surface area contributed by atoms with Crippen LogP contribution in [0.2, 0.25) is 5.02 Å². The molecule has 0 spiro atoms. The Kier molecular flexibility index (Phi) is 3.34. The number of ether oxygens (including phenoxy) is 2. The molecule has 0 unspecified atom stereocenters. The van der Waals surface area contributed by atoms with E-state index in [2.05, 4.69) is 18.2 Å². The second-order valence-electron chi connectivity index (χ2n) is 4.59. The van der Waals surface area contributed by atoms with Gasteiger partial charge >= 0.3 is 0 Å². The van der Waals surface area contributed by atoms with E-state index >= 15 is 0 Å². The van der Waals surface area contributed by atoms with Crippen LogP contribution in [0.25, 0.3) is 11.1 Å². The average Bonchev–Trinajstić information content (AvgIpc) is 2.46. The Hall–Kier alpha value is -1.67. The molecule has 0 radical (unpaired) electrons. The summed E-state index contributed by atoms with van der Waals surface area (Å²) < 4.78 is 11.3. The molecule has 1 heterocycles. The molecule has 0 aliphatic carbocycles. The van der Waals surface area contributed by atoms with Gasteiger partial charge in [-0.3, -0.25) is 0 Å². The van der Waals surface area contributed by atoms with E-state index in [4.69, 9.17) is 21.1 Å². The highest BCUT2D eigenvalue weighted by Crippen LogP contribution is 2.41. The molecule has 2 aromatic rings. The molecule has 0 amide bonds. The van der Waals surface area contributed by atoms with Crippen LogP contribution in [0.3, 0.4) is 0 Å². The first kappa shape index (κ1) is 12.4. The van der Waals surface area contributed by atoms with Gasteiger partial charge in [0.25, 0.3) is 0 Å². The maximum atomic E-state index is 6.11. The van der Waals surface area contributed by atoms with Crippen molar-refractivity contribution in [1.82, 2.24) is 0 Å². The van der Waals surface area contributed by atoms with Crippen LogP contribution in [-0.4, -0.2) is 13.7 Å². The molecule has 19 heavy (non-hydrogen) atoms. The summed E-state index contributed by atoms with van der Waals surface area (Å²) in [4.78, 5) is 0. The molecular formula is C16H15ClO2. The first-order valence-corrected chi connectivity index (χ1v) is 6.76. The first-order chi connectivity index (χ1) is 9.29. The number of rotatable bonds is 2. The fraction of sp³-hybridized carbons (Fsp3) is 0.250. The third kappa shape index (κ3) is 2.28. The van der Waals surface area contributed by atoms with E-state index < -0.39 is 0 Å². The topological polar surface area (TPSA) is 18.5 Å². The van der Waals surface area contributed by atoms with Gasteiger partial charge in [0.2, 0.25) is 0 Å². The minimum atomic E-state index is 0.698. The lowest BCUT2D eigenvalue weighted by Crippen LogP contribution is -2.09. The van der Waals surface area contributed by atoms with E-state index in [1.165, 1.54) is 5.56 Å². The summed E-state index contributed by atoms with van der Waals surface area (Å²) >= 11 is 6.11. The standard InChI is InChI=1S/C16H15ClO2/c1-18-15-8-7-12(17)10-14(15)13-6-2-4-11-5-3-9-19-16(11)13/h2,4,6-8,10H,3,5,9H2,1H3. The van der Waals surface area contributed by atoms with Crippen molar-refractivity contribution in [3.63, 3.8) is 0 Å². The summed E-state index contributed by atoms with van der Waals surface area (Å²) in [7, 11) is 1.67. The largest absolute Gasteiger partial charge is 0.496 e. The second kappa shape index (κ2) is 5.14. The van der Waals surface area contributed by atoms with Crippen molar-refractivity contribution in [3.8, 4) is 22.6 Å². The van der Waals surface area contributed by atoms with Crippen molar-refractivity contribution < 1.29 is 9.47 Å². The number of halogens is 1. The predicted octanol–water partition coefficient (Wildman–Crippen LogP) is 4.34. The zero-order valence-electron chi connectivity index (χ0n) is 10.8. The smallest absolute Gasteiger partial charge is 0.130 e. The minimum absolute atomic E-state index is 0.698. The van der Waals surface area contributed by atoms with E-state index in [9.17, 15) is 0 Å². The van der Waals surface area contributed by atoms with Gasteiger partial charge in [0.05, 0.1) is 13.7 Å². The molecule has 1 aliphatic heterocycles. The monoisotopic (exact) mass is 274 g/mol. The van der Waals surface area contributed by atoms with Crippen molar-refractivity contribution in [2.24, 2.45) is 0 Å². The molecule has 0 saturated carbocycles. The predicted molar refractivity (Wildman–Crippen MR) is 77.3 cm³/mol. The lowest BCUT2D eigenvalue weighted by Gasteiger charge is -2.21. The molecule has 2 nitrogen and oxygen atoms in total. The van der Waals surface area contributed by atoms with Crippen LogP contribution in [0, 0.1) is 0 Å². The molecule has 2 aromatic carbocycles. The average molecular weight is 275 g/mol. The summed E-state index contributed by atoms with van der Waals surface area (Å²) in [6, 6.07) is 11.9. The van der Waals surface area contributed by atoms with E-state index in [1.54, 1.807) is 7.11 Å². The number of benzene rings is 2. The Morgan fingerprint density at radius 2 is 2.05 bits per heavy atom. The molecule has 98 valence electrons. The number of fused-ring (bicyclic) bond motifs is 1. The molecule has 0 fully saturated rings. The van der Waals surface area contributed by atoms with Crippen molar-refractivity contribution in [1.29, 1.82) is 0 Å². The number of hydrogen-bond acceptors (Lipinski definition) is 2. The van der Waals surface area contributed by atoms with E-state index in [0.717, 1.165) is 42.1 Å². The van der Waals surface area contributed by atoms with Gasteiger partial charge in [-0.25, -0.2) is 0 Å². The summed E-state index contributed by atoms with van der Waals surface area (Å²) in [6.07, 6.45) is 2.13. The summed E-state index contributed by atoms with van der Waals surface area (Å²) in [5.74, 6) is 1.78. The van der Waals surface area contributed by atoms with Crippen LogP contribution in [0.1, 0.15) is 12.0 Å². The molecule has 0 atom stereocenters. The lowest BCUT2D eigenvalue weighted by molar-refractivity contribution is 0.289. The van der Waals surface area contributed by atoms with E-state index in [1.807, 2.05) is 18.2 Å². The van der Waals surface area contributed by atoms with Gasteiger partial charge in [-0.15, -0.1) is 0 Å². The SMILES string of the molecule is COc1ccc(Cl)cc1-c1cccc2c1OCCC2. The van der Waals surface area contributed by atoms with Crippen LogP contribution in [0.15, 0.2) is 36.4 Å². The number of para-hydroxylation sites is 1.